The van der Waals surface area contributed by atoms with Crippen molar-refractivity contribution in [3.05, 3.63) is 57.8 Å². The van der Waals surface area contributed by atoms with Crippen molar-refractivity contribution in [3.63, 3.8) is 0 Å². The number of halogens is 2. The Morgan fingerprint density at radius 1 is 1.05 bits per heavy atom. The highest BCUT2D eigenvalue weighted by atomic mass is 79.9. The first-order chi connectivity index (χ1) is 9.56. The highest BCUT2D eigenvalue weighted by Gasteiger charge is 2.19. The van der Waals surface area contributed by atoms with E-state index in [1.54, 1.807) is 24.3 Å². The van der Waals surface area contributed by atoms with Crippen LogP contribution in [0.25, 0.3) is 0 Å². The average molecular weight is 341 g/mol. The number of rotatable bonds is 4. The predicted octanol–water partition coefficient (Wildman–Crippen LogP) is 3.69. The van der Waals surface area contributed by atoms with Crippen LogP contribution in [0, 0.1) is 5.82 Å². The fourth-order valence-corrected chi connectivity index (χ4v) is 2.41. The second-order valence-corrected chi connectivity index (χ2v) is 5.03. The molecule has 5 heteroatoms. The van der Waals surface area contributed by atoms with Crippen LogP contribution >= 0.6 is 15.9 Å². The van der Waals surface area contributed by atoms with Crippen LogP contribution in [0.4, 0.5) is 4.39 Å². The summed E-state index contributed by atoms with van der Waals surface area (Å²) in [5.41, 5.74) is 0.940. The normalized spacial score (nSPS) is 12.1. The van der Waals surface area contributed by atoms with Gasteiger partial charge in [0.05, 0.1) is 14.2 Å². The minimum Gasteiger partial charge on any atom is -0.497 e. The van der Waals surface area contributed by atoms with Gasteiger partial charge in [-0.3, -0.25) is 0 Å². The minimum absolute atomic E-state index is 0.413. The summed E-state index contributed by atoms with van der Waals surface area (Å²) in [6, 6.07) is 9.26. The lowest BCUT2D eigenvalue weighted by atomic mass is 10.00. The Morgan fingerprint density at radius 2 is 1.80 bits per heavy atom. The van der Waals surface area contributed by atoms with Gasteiger partial charge < -0.3 is 14.6 Å². The van der Waals surface area contributed by atoms with E-state index in [9.17, 15) is 9.50 Å². The summed E-state index contributed by atoms with van der Waals surface area (Å²) in [6.07, 6.45) is -1.02. The van der Waals surface area contributed by atoms with Crippen LogP contribution in [0.15, 0.2) is 40.9 Å². The Kier molecular flexibility index (Phi) is 4.62. The first kappa shape index (κ1) is 14.8. The van der Waals surface area contributed by atoms with Crippen LogP contribution < -0.4 is 9.47 Å². The standard InChI is InChI=1S/C15H14BrFO3/c1-19-10-4-6-14(20-2)12(8-10)15(18)11-7-9(17)3-5-13(11)16/h3-8,15,18H,1-2H3. The lowest BCUT2D eigenvalue weighted by Crippen LogP contribution is -2.04. The number of hydrogen-bond acceptors (Lipinski definition) is 3. The zero-order valence-electron chi connectivity index (χ0n) is 11.1. The summed E-state index contributed by atoms with van der Waals surface area (Å²) in [4.78, 5) is 0. The van der Waals surface area contributed by atoms with Crippen molar-refractivity contribution in [2.24, 2.45) is 0 Å². The van der Waals surface area contributed by atoms with Crippen molar-refractivity contribution >= 4 is 15.9 Å². The van der Waals surface area contributed by atoms with E-state index in [1.165, 1.54) is 26.4 Å². The Hall–Kier alpha value is -1.59. The van der Waals surface area contributed by atoms with E-state index in [4.69, 9.17) is 9.47 Å². The number of aliphatic hydroxyl groups excluding tert-OH is 1. The van der Waals surface area contributed by atoms with Crippen molar-refractivity contribution < 1.29 is 19.0 Å². The fraction of sp³-hybridized carbons (Fsp3) is 0.200. The molecular formula is C15H14BrFO3. The quantitative estimate of drug-likeness (QED) is 0.922. The summed E-state index contributed by atoms with van der Waals surface area (Å²) in [5.74, 6) is 0.686. The molecule has 0 aliphatic heterocycles. The van der Waals surface area contributed by atoms with Gasteiger partial charge in [-0.15, -0.1) is 0 Å². The van der Waals surface area contributed by atoms with E-state index in [-0.39, 0.29) is 0 Å². The van der Waals surface area contributed by atoms with E-state index in [0.717, 1.165) is 0 Å². The van der Waals surface area contributed by atoms with Gasteiger partial charge in [-0.2, -0.15) is 0 Å². The largest absolute Gasteiger partial charge is 0.497 e. The molecule has 0 fully saturated rings. The number of benzene rings is 2. The van der Waals surface area contributed by atoms with Crippen molar-refractivity contribution in [1.29, 1.82) is 0 Å². The molecule has 1 atom stereocenters. The van der Waals surface area contributed by atoms with Crippen molar-refractivity contribution in [3.8, 4) is 11.5 Å². The summed E-state index contributed by atoms with van der Waals surface area (Å²) >= 11 is 3.31. The van der Waals surface area contributed by atoms with Crippen LogP contribution in [0.2, 0.25) is 0 Å². The van der Waals surface area contributed by atoms with E-state index < -0.39 is 11.9 Å². The highest BCUT2D eigenvalue weighted by molar-refractivity contribution is 9.10. The topological polar surface area (TPSA) is 38.7 Å². The molecule has 106 valence electrons. The molecule has 0 bridgehead atoms. The molecule has 0 saturated carbocycles. The van der Waals surface area contributed by atoms with Gasteiger partial charge in [0.1, 0.15) is 23.4 Å². The summed E-state index contributed by atoms with van der Waals surface area (Å²) in [6.45, 7) is 0. The second kappa shape index (κ2) is 6.24. The number of aliphatic hydroxyl groups is 1. The van der Waals surface area contributed by atoms with Gasteiger partial charge in [-0.1, -0.05) is 15.9 Å². The van der Waals surface area contributed by atoms with Crippen LogP contribution in [-0.2, 0) is 0 Å². The zero-order valence-corrected chi connectivity index (χ0v) is 12.6. The fourth-order valence-electron chi connectivity index (χ4n) is 1.94. The Labute approximate surface area is 125 Å². The van der Waals surface area contributed by atoms with Crippen LogP contribution in [0.5, 0.6) is 11.5 Å². The second-order valence-electron chi connectivity index (χ2n) is 4.18. The van der Waals surface area contributed by atoms with Crippen LogP contribution in [0.1, 0.15) is 17.2 Å². The minimum atomic E-state index is -1.02. The van der Waals surface area contributed by atoms with E-state index in [2.05, 4.69) is 15.9 Å². The van der Waals surface area contributed by atoms with Crippen LogP contribution in [0.3, 0.4) is 0 Å². The molecule has 20 heavy (non-hydrogen) atoms. The molecule has 2 aromatic rings. The molecule has 0 radical (unpaired) electrons. The SMILES string of the molecule is COc1ccc(OC)c(C(O)c2cc(F)ccc2Br)c1. The maximum atomic E-state index is 13.4. The van der Waals surface area contributed by atoms with Gasteiger partial charge >= 0.3 is 0 Å². The first-order valence-corrected chi connectivity index (χ1v) is 6.71. The Bertz CT molecular complexity index is 616. The van der Waals surface area contributed by atoms with Gasteiger partial charge in [-0.25, -0.2) is 4.39 Å². The molecule has 0 heterocycles. The smallest absolute Gasteiger partial charge is 0.125 e. The molecule has 0 aliphatic carbocycles. The van der Waals surface area contributed by atoms with Gasteiger partial charge in [-0.05, 0) is 36.4 Å². The summed E-state index contributed by atoms with van der Waals surface area (Å²) < 4.78 is 24.4. The lowest BCUT2D eigenvalue weighted by Gasteiger charge is -2.17. The molecule has 0 amide bonds. The third-order valence-corrected chi connectivity index (χ3v) is 3.71. The summed E-state index contributed by atoms with van der Waals surface area (Å²) in [5, 5.41) is 10.5. The van der Waals surface area contributed by atoms with E-state index >= 15 is 0 Å². The van der Waals surface area contributed by atoms with Crippen LogP contribution in [-0.4, -0.2) is 19.3 Å². The zero-order chi connectivity index (χ0) is 14.7. The first-order valence-electron chi connectivity index (χ1n) is 5.91. The molecule has 0 spiro atoms. The number of ether oxygens (including phenoxy) is 2. The van der Waals surface area contributed by atoms with E-state index in [0.29, 0.717) is 27.1 Å². The molecule has 3 nitrogen and oxygen atoms in total. The van der Waals surface area contributed by atoms with Gasteiger partial charge in [0.2, 0.25) is 0 Å². The average Bonchev–Trinajstić information content (AvgIpc) is 2.48. The third-order valence-electron chi connectivity index (χ3n) is 2.98. The van der Waals surface area contributed by atoms with Crippen molar-refractivity contribution in [2.45, 2.75) is 6.10 Å². The van der Waals surface area contributed by atoms with Gasteiger partial charge in [0.15, 0.2) is 0 Å². The molecule has 2 aromatic carbocycles. The molecule has 0 aromatic heterocycles. The predicted molar refractivity (Wildman–Crippen MR) is 77.7 cm³/mol. The molecular weight excluding hydrogens is 327 g/mol. The summed E-state index contributed by atoms with van der Waals surface area (Å²) in [7, 11) is 3.05. The Morgan fingerprint density at radius 3 is 2.45 bits per heavy atom. The Balaban J connectivity index is 2.51. The number of hydrogen-bond donors (Lipinski definition) is 1. The van der Waals surface area contributed by atoms with Crippen molar-refractivity contribution in [2.75, 3.05) is 14.2 Å². The molecule has 2 rings (SSSR count). The van der Waals surface area contributed by atoms with Gasteiger partial charge in [0, 0.05) is 15.6 Å². The lowest BCUT2D eigenvalue weighted by molar-refractivity contribution is 0.213. The molecule has 0 saturated heterocycles. The molecule has 0 aliphatic rings. The van der Waals surface area contributed by atoms with E-state index in [1.807, 2.05) is 0 Å². The maximum Gasteiger partial charge on any atom is 0.125 e. The maximum absolute atomic E-state index is 13.4. The van der Waals surface area contributed by atoms with Crippen molar-refractivity contribution in [1.82, 2.24) is 0 Å². The highest BCUT2D eigenvalue weighted by Crippen LogP contribution is 2.36. The number of methoxy groups -OCH3 is 2. The monoisotopic (exact) mass is 340 g/mol. The molecule has 1 unspecified atom stereocenters. The third kappa shape index (κ3) is 2.94. The van der Waals surface area contributed by atoms with Gasteiger partial charge in [0.25, 0.3) is 0 Å². The molecule has 1 N–H and O–H groups in total.